The summed E-state index contributed by atoms with van der Waals surface area (Å²) in [6.07, 6.45) is 0.795. The number of benzene rings is 2. The predicted molar refractivity (Wildman–Crippen MR) is 165 cm³/mol. The normalized spacial score (nSPS) is 10.6. The van der Waals surface area contributed by atoms with Gasteiger partial charge in [-0.1, -0.05) is 13.8 Å². The molecule has 0 saturated carbocycles. The van der Waals surface area contributed by atoms with Gasteiger partial charge in [0.05, 0.1) is 45.9 Å². The van der Waals surface area contributed by atoms with Crippen molar-refractivity contribution in [1.29, 1.82) is 0 Å². The fourth-order valence-corrected chi connectivity index (χ4v) is 5.15. The number of nitroso groups, excluding NO2 is 2. The average molecular weight is 617 g/mol. The Hall–Kier alpha value is -4.18. The number of amides is 2. The fraction of sp³-hybridized carbons (Fsp3) is 0.385. The van der Waals surface area contributed by atoms with Crippen molar-refractivity contribution in [3.8, 4) is 0 Å². The molecule has 2 amide bonds. The first kappa shape index (κ1) is 32.3. The molecule has 2 N–H and O–H groups in total. The molecule has 0 saturated heterocycles. The molecule has 0 spiro atoms. The van der Waals surface area contributed by atoms with Crippen LogP contribution in [0.5, 0.6) is 0 Å². The number of nitrogens with zero attached hydrogens (tertiary/aromatic N) is 6. The SMILES string of the molecule is CCCSc1ccc2c(c1)nc(NC(=O)OCC)n2N=O.CCCSc1ccc2nc(NC(=O)OCC)n(N=O)c2c1. The summed E-state index contributed by atoms with van der Waals surface area (Å²) in [6, 6.07) is 11.1. The quantitative estimate of drug-likeness (QED) is 0.122. The Kier molecular flexibility index (Phi) is 12.6. The number of ether oxygens (including phenoxy) is 2. The highest BCUT2D eigenvalue weighted by atomic mass is 32.2. The second-order valence-corrected chi connectivity index (χ2v) is 10.7. The molecule has 0 aliphatic rings. The molecule has 16 heteroatoms. The summed E-state index contributed by atoms with van der Waals surface area (Å²) in [5.41, 5.74) is 2.28. The highest BCUT2D eigenvalue weighted by Crippen LogP contribution is 2.28. The van der Waals surface area contributed by atoms with Crippen LogP contribution in [0.4, 0.5) is 21.5 Å². The van der Waals surface area contributed by atoms with Crippen molar-refractivity contribution in [2.45, 2.75) is 50.3 Å². The molecule has 0 fully saturated rings. The molecule has 0 aliphatic carbocycles. The molecular weight excluding hydrogens is 584 g/mol. The monoisotopic (exact) mass is 616 g/mol. The van der Waals surface area contributed by atoms with E-state index in [1.54, 1.807) is 49.5 Å². The van der Waals surface area contributed by atoms with Crippen molar-refractivity contribution < 1.29 is 19.1 Å². The van der Waals surface area contributed by atoms with Gasteiger partial charge < -0.3 is 9.47 Å². The lowest BCUT2D eigenvalue weighted by Crippen LogP contribution is -2.15. The molecule has 0 atom stereocenters. The molecule has 2 heterocycles. The lowest BCUT2D eigenvalue weighted by molar-refractivity contribution is 0.166. The van der Waals surface area contributed by atoms with Gasteiger partial charge in [0.25, 0.3) is 0 Å². The number of nitrogens with one attached hydrogen (secondary N) is 2. The van der Waals surface area contributed by atoms with E-state index in [2.05, 4.69) is 45.0 Å². The maximum absolute atomic E-state index is 11.4. The van der Waals surface area contributed by atoms with E-state index in [4.69, 9.17) is 9.47 Å². The summed E-state index contributed by atoms with van der Waals surface area (Å²) in [4.78, 5) is 55.4. The molecule has 2 aromatic carbocycles. The molecule has 0 unspecified atom stereocenters. The number of fused-ring (bicyclic) bond motifs is 2. The van der Waals surface area contributed by atoms with Crippen LogP contribution in [0, 0.1) is 9.81 Å². The zero-order valence-corrected chi connectivity index (χ0v) is 25.3. The Labute approximate surface area is 250 Å². The minimum atomic E-state index is -0.668. The average Bonchev–Trinajstić information content (AvgIpc) is 3.50. The molecule has 2 aromatic heterocycles. The van der Waals surface area contributed by atoms with Crippen LogP contribution in [0.15, 0.2) is 56.8 Å². The minimum Gasteiger partial charge on any atom is -0.450 e. The van der Waals surface area contributed by atoms with Gasteiger partial charge in [-0.3, -0.25) is 10.6 Å². The summed E-state index contributed by atoms with van der Waals surface area (Å²) in [5, 5.41) is 10.6. The number of hydrogen-bond donors (Lipinski definition) is 2. The van der Waals surface area contributed by atoms with Gasteiger partial charge in [0, 0.05) is 9.79 Å². The minimum absolute atomic E-state index is 0.0519. The molecule has 4 aromatic rings. The third-order valence-corrected chi connectivity index (χ3v) is 7.69. The Morgan fingerprint density at radius 3 is 1.76 bits per heavy atom. The Balaban J connectivity index is 0.000000230. The number of rotatable bonds is 12. The van der Waals surface area contributed by atoms with Gasteiger partial charge >= 0.3 is 12.2 Å². The van der Waals surface area contributed by atoms with Crippen LogP contribution < -0.4 is 10.6 Å². The lowest BCUT2D eigenvalue weighted by Gasteiger charge is -2.03. The fourth-order valence-electron chi connectivity index (χ4n) is 3.55. The number of thioether (sulfide) groups is 2. The first-order chi connectivity index (χ1) is 20.4. The van der Waals surface area contributed by atoms with E-state index < -0.39 is 12.2 Å². The Morgan fingerprint density at radius 2 is 1.24 bits per heavy atom. The van der Waals surface area contributed by atoms with E-state index in [9.17, 15) is 19.4 Å². The van der Waals surface area contributed by atoms with Crippen molar-refractivity contribution in [3.63, 3.8) is 0 Å². The second-order valence-electron chi connectivity index (χ2n) is 8.35. The molecule has 42 heavy (non-hydrogen) atoms. The first-order valence-electron chi connectivity index (χ1n) is 13.2. The van der Waals surface area contributed by atoms with E-state index in [1.165, 1.54) is 0 Å². The second kappa shape index (κ2) is 16.3. The third kappa shape index (κ3) is 8.42. The maximum atomic E-state index is 11.4. The van der Waals surface area contributed by atoms with Gasteiger partial charge in [-0.2, -0.15) is 9.35 Å². The van der Waals surface area contributed by atoms with Gasteiger partial charge in [-0.25, -0.2) is 19.6 Å². The van der Waals surface area contributed by atoms with Crippen molar-refractivity contribution in [2.75, 3.05) is 35.4 Å². The molecule has 0 bridgehead atoms. The topological polar surface area (TPSA) is 171 Å². The zero-order valence-electron chi connectivity index (χ0n) is 23.7. The van der Waals surface area contributed by atoms with E-state index in [0.29, 0.717) is 22.1 Å². The Morgan fingerprint density at radius 1 is 0.738 bits per heavy atom. The van der Waals surface area contributed by atoms with Crippen molar-refractivity contribution in [3.05, 3.63) is 46.2 Å². The summed E-state index contributed by atoms with van der Waals surface area (Å²) < 4.78 is 11.6. The van der Waals surface area contributed by atoms with Gasteiger partial charge in [-0.15, -0.1) is 33.3 Å². The number of carbonyl (C=O) groups excluding carboxylic acids is 2. The van der Waals surface area contributed by atoms with Crippen LogP contribution >= 0.6 is 23.5 Å². The number of imidazole rings is 2. The number of hydrogen-bond acceptors (Lipinski definition) is 12. The molecular formula is C26H32N8O6S2. The first-order valence-corrected chi connectivity index (χ1v) is 15.2. The van der Waals surface area contributed by atoms with Crippen LogP contribution in [0.25, 0.3) is 22.1 Å². The van der Waals surface area contributed by atoms with Crippen LogP contribution in [-0.2, 0) is 9.47 Å². The summed E-state index contributed by atoms with van der Waals surface area (Å²) in [5.74, 6) is 2.10. The summed E-state index contributed by atoms with van der Waals surface area (Å²) in [6.45, 7) is 8.06. The highest BCUT2D eigenvalue weighted by Gasteiger charge is 2.16. The smallest absolute Gasteiger partial charge is 0.414 e. The van der Waals surface area contributed by atoms with E-state index >= 15 is 0 Å². The number of carbonyl (C=O) groups is 2. The molecule has 224 valence electrons. The van der Waals surface area contributed by atoms with E-state index in [1.807, 2.05) is 24.3 Å². The van der Waals surface area contributed by atoms with Gasteiger partial charge in [0.15, 0.2) is 0 Å². The van der Waals surface area contributed by atoms with Gasteiger partial charge in [0.2, 0.25) is 11.9 Å². The molecule has 4 rings (SSSR count). The van der Waals surface area contributed by atoms with Crippen LogP contribution in [-0.4, -0.2) is 56.2 Å². The van der Waals surface area contributed by atoms with Crippen LogP contribution in [0.1, 0.15) is 40.5 Å². The standard InChI is InChI=1S/2C13H16N4O3S/c1-3-7-21-9-5-6-11-10(8-9)14-12(17(11)16-19)15-13(18)20-4-2;1-3-7-21-9-5-6-10-11(8-9)17(16-19)12(14-10)15-13(18)20-4-2/h2*5-6,8H,3-4,7H2,1-2H3,(H,14,15,18). The van der Waals surface area contributed by atoms with Crippen molar-refractivity contribution in [1.82, 2.24) is 19.3 Å². The summed E-state index contributed by atoms with van der Waals surface area (Å²) in [7, 11) is 0. The predicted octanol–water partition coefficient (Wildman–Crippen LogP) is 7.27. The van der Waals surface area contributed by atoms with E-state index in [0.717, 1.165) is 43.5 Å². The van der Waals surface area contributed by atoms with Gasteiger partial charge in [0.1, 0.15) is 0 Å². The van der Waals surface area contributed by atoms with Crippen LogP contribution in [0.3, 0.4) is 0 Å². The number of aromatic nitrogens is 4. The zero-order chi connectivity index (χ0) is 30.5. The molecule has 0 aliphatic heterocycles. The molecule has 0 radical (unpaired) electrons. The number of anilines is 2. The Bertz CT molecular complexity index is 1520. The van der Waals surface area contributed by atoms with Gasteiger partial charge in [-0.05, 0) is 74.6 Å². The molecule has 14 nitrogen and oxygen atoms in total. The third-order valence-electron chi connectivity index (χ3n) is 5.29. The van der Waals surface area contributed by atoms with Crippen molar-refractivity contribution >= 4 is 69.7 Å². The lowest BCUT2D eigenvalue weighted by atomic mass is 10.3. The van der Waals surface area contributed by atoms with Crippen LogP contribution in [0.2, 0.25) is 0 Å². The summed E-state index contributed by atoms with van der Waals surface area (Å²) >= 11 is 3.40. The van der Waals surface area contributed by atoms with Crippen molar-refractivity contribution in [2.24, 2.45) is 10.6 Å². The van der Waals surface area contributed by atoms with E-state index in [-0.39, 0.29) is 25.1 Å². The highest BCUT2D eigenvalue weighted by molar-refractivity contribution is 7.99. The maximum Gasteiger partial charge on any atom is 0.414 e. The largest absolute Gasteiger partial charge is 0.450 e.